The molecule has 21 heavy (non-hydrogen) atoms. The normalized spacial score (nSPS) is 11.9. The molecule has 2 aromatic carbocycles. The van der Waals surface area contributed by atoms with Crippen LogP contribution in [0, 0.1) is 0 Å². The zero-order valence-corrected chi connectivity index (χ0v) is 12.4. The summed E-state index contributed by atoms with van der Waals surface area (Å²) < 4.78 is 0. The molecule has 3 heteroatoms. The van der Waals surface area contributed by atoms with Gasteiger partial charge in [-0.25, -0.2) is 0 Å². The van der Waals surface area contributed by atoms with Crippen molar-refractivity contribution in [2.24, 2.45) is 0 Å². The second-order valence-corrected chi connectivity index (χ2v) is 5.46. The van der Waals surface area contributed by atoms with Crippen LogP contribution in [0.1, 0.15) is 29.9 Å². The van der Waals surface area contributed by atoms with Crippen LogP contribution in [-0.4, -0.2) is 11.1 Å². The summed E-state index contributed by atoms with van der Waals surface area (Å²) in [6.45, 7) is 4.10. The lowest BCUT2D eigenvalue weighted by Crippen LogP contribution is -2.07. The molecule has 2 rings (SSSR count). The molecule has 0 aromatic heterocycles. The monoisotopic (exact) mass is 300 g/mol. The van der Waals surface area contributed by atoms with Crippen molar-refractivity contribution in [2.75, 3.05) is 0 Å². The van der Waals surface area contributed by atoms with Crippen LogP contribution in [0.15, 0.2) is 61.2 Å². The molecule has 0 aliphatic heterocycles. The van der Waals surface area contributed by atoms with Crippen LogP contribution >= 0.6 is 11.6 Å². The van der Waals surface area contributed by atoms with E-state index in [1.54, 1.807) is 12.1 Å². The Balaban J connectivity index is 2.18. The first-order valence-electron chi connectivity index (χ1n) is 6.76. The highest BCUT2D eigenvalue weighted by Crippen LogP contribution is 2.31. The molecule has 1 atom stereocenters. The van der Waals surface area contributed by atoms with E-state index in [0.29, 0.717) is 11.4 Å². The summed E-state index contributed by atoms with van der Waals surface area (Å²) >= 11 is 5.89. The number of hydrogen-bond acceptors (Lipinski definition) is 1. The Morgan fingerprint density at radius 2 is 1.67 bits per heavy atom. The highest BCUT2D eigenvalue weighted by atomic mass is 35.5. The standard InChI is InChI=1S/C18H17ClO2/c1-13(14-5-3-2-4-6-14)11-16(12-18(20)21)15-7-9-17(19)10-8-15/h2-10,16H,1,11-12H2,(H,20,21). The summed E-state index contributed by atoms with van der Waals surface area (Å²) in [7, 11) is 0. The molecular formula is C18H17ClO2. The number of halogens is 1. The number of allylic oxidation sites excluding steroid dienone is 1. The van der Waals surface area contributed by atoms with E-state index < -0.39 is 5.97 Å². The van der Waals surface area contributed by atoms with Crippen molar-refractivity contribution in [1.82, 2.24) is 0 Å². The highest BCUT2D eigenvalue weighted by Gasteiger charge is 2.17. The molecule has 2 nitrogen and oxygen atoms in total. The van der Waals surface area contributed by atoms with Crippen molar-refractivity contribution in [3.8, 4) is 0 Å². The predicted octanol–water partition coefficient (Wildman–Crippen LogP) is 5.00. The second kappa shape index (κ2) is 7.09. The maximum Gasteiger partial charge on any atom is 0.303 e. The third-order valence-electron chi connectivity index (χ3n) is 3.44. The molecule has 108 valence electrons. The largest absolute Gasteiger partial charge is 0.481 e. The molecule has 0 fully saturated rings. The molecule has 1 unspecified atom stereocenters. The Bertz CT molecular complexity index is 617. The zero-order chi connectivity index (χ0) is 15.2. The first-order valence-corrected chi connectivity index (χ1v) is 7.14. The number of rotatable bonds is 6. The minimum atomic E-state index is -0.809. The predicted molar refractivity (Wildman–Crippen MR) is 86.5 cm³/mol. The van der Waals surface area contributed by atoms with Crippen molar-refractivity contribution < 1.29 is 9.90 Å². The van der Waals surface area contributed by atoms with E-state index in [0.717, 1.165) is 16.7 Å². The fourth-order valence-corrected chi connectivity index (χ4v) is 2.47. The first-order chi connectivity index (χ1) is 10.1. The second-order valence-electron chi connectivity index (χ2n) is 5.02. The topological polar surface area (TPSA) is 37.3 Å². The molecule has 0 radical (unpaired) electrons. The van der Waals surface area contributed by atoms with Gasteiger partial charge in [-0.15, -0.1) is 0 Å². The average Bonchev–Trinajstić information content (AvgIpc) is 2.48. The minimum absolute atomic E-state index is 0.0769. The molecular weight excluding hydrogens is 284 g/mol. The summed E-state index contributed by atoms with van der Waals surface area (Å²) in [5, 5.41) is 9.78. The Hall–Kier alpha value is -2.06. The summed E-state index contributed by atoms with van der Waals surface area (Å²) in [6, 6.07) is 17.2. The van der Waals surface area contributed by atoms with Crippen LogP contribution in [0.25, 0.3) is 5.57 Å². The molecule has 0 bridgehead atoms. The van der Waals surface area contributed by atoms with Crippen LogP contribution in [0.3, 0.4) is 0 Å². The molecule has 0 saturated carbocycles. The molecule has 0 heterocycles. The van der Waals surface area contributed by atoms with Crippen molar-refractivity contribution in [1.29, 1.82) is 0 Å². The van der Waals surface area contributed by atoms with E-state index in [1.165, 1.54) is 0 Å². The van der Waals surface area contributed by atoms with Crippen molar-refractivity contribution in [3.63, 3.8) is 0 Å². The lowest BCUT2D eigenvalue weighted by molar-refractivity contribution is -0.137. The summed E-state index contributed by atoms with van der Waals surface area (Å²) in [5.74, 6) is -0.914. The van der Waals surface area contributed by atoms with Gasteiger partial charge in [0.1, 0.15) is 0 Å². The van der Waals surface area contributed by atoms with Crippen LogP contribution in [0.5, 0.6) is 0 Å². The van der Waals surface area contributed by atoms with Gasteiger partial charge in [-0.05, 0) is 41.2 Å². The number of carboxylic acids is 1. The molecule has 0 spiro atoms. The molecule has 0 aliphatic carbocycles. The maximum absolute atomic E-state index is 11.1. The molecule has 0 amide bonds. The zero-order valence-electron chi connectivity index (χ0n) is 11.6. The van der Waals surface area contributed by atoms with Gasteiger partial charge in [0.05, 0.1) is 6.42 Å². The van der Waals surface area contributed by atoms with Gasteiger partial charge in [0, 0.05) is 5.02 Å². The SMILES string of the molecule is C=C(CC(CC(=O)O)c1ccc(Cl)cc1)c1ccccc1. The van der Waals surface area contributed by atoms with E-state index in [1.807, 2.05) is 42.5 Å². The van der Waals surface area contributed by atoms with E-state index in [2.05, 4.69) is 6.58 Å². The van der Waals surface area contributed by atoms with E-state index in [4.69, 9.17) is 16.7 Å². The average molecular weight is 301 g/mol. The molecule has 0 aliphatic rings. The van der Waals surface area contributed by atoms with E-state index in [9.17, 15) is 4.79 Å². The Labute approximate surface area is 129 Å². The summed E-state index contributed by atoms with van der Waals surface area (Å²) in [6.07, 6.45) is 0.686. The van der Waals surface area contributed by atoms with Gasteiger partial charge in [0.15, 0.2) is 0 Å². The smallest absolute Gasteiger partial charge is 0.303 e. The van der Waals surface area contributed by atoms with Crippen LogP contribution in [0.2, 0.25) is 5.02 Å². The highest BCUT2D eigenvalue weighted by molar-refractivity contribution is 6.30. The van der Waals surface area contributed by atoms with Gasteiger partial charge in [-0.1, -0.05) is 60.6 Å². The Morgan fingerprint density at radius 3 is 2.24 bits per heavy atom. The number of benzene rings is 2. The van der Waals surface area contributed by atoms with Crippen molar-refractivity contribution in [2.45, 2.75) is 18.8 Å². The van der Waals surface area contributed by atoms with Gasteiger partial charge >= 0.3 is 5.97 Å². The molecule has 0 saturated heterocycles. The lowest BCUT2D eigenvalue weighted by Gasteiger charge is -2.17. The number of carbonyl (C=O) groups is 1. The summed E-state index contributed by atoms with van der Waals surface area (Å²) in [4.78, 5) is 11.1. The summed E-state index contributed by atoms with van der Waals surface area (Å²) in [5.41, 5.74) is 2.96. The van der Waals surface area contributed by atoms with E-state index in [-0.39, 0.29) is 12.3 Å². The van der Waals surface area contributed by atoms with Gasteiger partial charge < -0.3 is 5.11 Å². The van der Waals surface area contributed by atoms with E-state index >= 15 is 0 Å². The molecule has 1 N–H and O–H groups in total. The van der Waals surface area contributed by atoms with Gasteiger partial charge in [0.25, 0.3) is 0 Å². The van der Waals surface area contributed by atoms with Crippen LogP contribution in [0.4, 0.5) is 0 Å². The fraction of sp³-hybridized carbons (Fsp3) is 0.167. The quantitative estimate of drug-likeness (QED) is 0.815. The number of hydrogen-bond donors (Lipinski definition) is 1. The van der Waals surface area contributed by atoms with Crippen molar-refractivity contribution >= 4 is 23.1 Å². The van der Waals surface area contributed by atoms with Crippen LogP contribution in [-0.2, 0) is 4.79 Å². The first kappa shape index (κ1) is 15.3. The number of aliphatic carboxylic acids is 1. The van der Waals surface area contributed by atoms with Crippen LogP contribution < -0.4 is 0 Å². The fourth-order valence-electron chi connectivity index (χ4n) is 2.34. The Kier molecular flexibility index (Phi) is 5.18. The lowest BCUT2D eigenvalue weighted by atomic mass is 9.87. The third kappa shape index (κ3) is 4.47. The van der Waals surface area contributed by atoms with Crippen molar-refractivity contribution in [3.05, 3.63) is 77.3 Å². The van der Waals surface area contributed by atoms with Gasteiger partial charge in [-0.2, -0.15) is 0 Å². The van der Waals surface area contributed by atoms with Gasteiger partial charge in [-0.3, -0.25) is 4.79 Å². The maximum atomic E-state index is 11.1. The van der Waals surface area contributed by atoms with Gasteiger partial charge in [0.2, 0.25) is 0 Å². The number of carboxylic acid groups (broad SMARTS) is 1. The molecule has 2 aromatic rings. The Morgan fingerprint density at radius 1 is 1.05 bits per heavy atom. The minimum Gasteiger partial charge on any atom is -0.481 e. The third-order valence-corrected chi connectivity index (χ3v) is 3.69.